The molecule has 3 atom stereocenters. The van der Waals surface area contributed by atoms with Crippen LogP contribution in [0.25, 0.3) is 0 Å². The molecule has 0 bridgehead atoms. The van der Waals surface area contributed by atoms with Gasteiger partial charge in [0, 0.05) is 10.4 Å². The largest absolute Gasteiger partial charge is 1.00 e. The second-order valence-electron chi connectivity index (χ2n) is 5.64. The summed E-state index contributed by atoms with van der Waals surface area (Å²) in [5.41, 5.74) is 0.603. The van der Waals surface area contributed by atoms with E-state index in [1.165, 1.54) is 29.7 Å². The van der Waals surface area contributed by atoms with Gasteiger partial charge in [-0.05, 0) is 33.8 Å². The number of fused-ring (bicyclic) bond motifs is 1. The van der Waals surface area contributed by atoms with E-state index in [-0.39, 0.29) is 46.6 Å². The Balaban J connectivity index is 0.00000220. The number of β-lactam (4-membered cyclic amide) rings is 1. The van der Waals surface area contributed by atoms with E-state index in [1.54, 1.807) is 20.8 Å². The summed E-state index contributed by atoms with van der Waals surface area (Å²) in [5.74, 6) is -1.60. The van der Waals surface area contributed by atoms with Gasteiger partial charge in [-0.1, -0.05) is 0 Å². The summed E-state index contributed by atoms with van der Waals surface area (Å²) in [7, 11) is 0. The molecule has 2 rings (SSSR count). The molecule has 1 N–H and O–H groups in total. The fourth-order valence-electron chi connectivity index (χ4n) is 2.72. The van der Waals surface area contributed by atoms with Crippen molar-refractivity contribution in [2.45, 2.75) is 49.9 Å². The van der Waals surface area contributed by atoms with Crippen molar-refractivity contribution in [3.05, 3.63) is 11.8 Å². The van der Waals surface area contributed by atoms with Crippen LogP contribution in [0.5, 0.6) is 0 Å². The molecule has 8 heteroatoms. The van der Waals surface area contributed by atoms with E-state index < -0.39 is 22.8 Å². The van der Waals surface area contributed by atoms with E-state index in [4.69, 9.17) is 0 Å². The van der Waals surface area contributed by atoms with Crippen LogP contribution in [-0.4, -0.2) is 44.8 Å². The third-order valence-electron chi connectivity index (χ3n) is 3.47. The molecule has 2 fully saturated rings. The number of nitrogens with zero attached hydrogens (tertiary/aromatic N) is 1. The second kappa shape index (κ2) is 6.32. The Hall–Kier alpha value is -0.500. The van der Waals surface area contributed by atoms with Gasteiger partial charge in [0.2, 0.25) is 5.91 Å². The summed E-state index contributed by atoms with van der Waals surface area (Å²) in [5, 5.41) is 14.0. The molecule has 2 heterocycles. The number of hydrogen-bond acceptors (Lipinski definition) is 6. The Bertz CT molecular complexity index is 520. The predicted molar refractivity (Wildman–Crippen MR) is 72.5 cm³/mol. The Morgan fingerprint density at radius 2 is 1.95 bits per heavy atom. The number of amides is 1. The molecule has 1 amide bonds. The van der Waals surface area contributed by atoms with Crippen LogP contribution in [0.3, 0.4) is 0 Å². The molecule has 2 aliphatic rings. The number of allylic oxidation sites excluding steroid dienone is 2. The molecule has 0 spiro atoms. The smallest absolute Gasteiger partial charge is 0.548 e. The quantitative estimate of drug-likeness (QED) is 0.325. The third kappa shape index (κ3) is 3.31. The van der Waals surface area contributed by atoms with Crippen LogP contribution in [0.4, 0.5) is 0 Å². The SMILES string of the molecule is CC(=O)C=C(C)N[C@@H]1C(=O)N2[C@@H]1SC(C)(C)[C@@H]2C(=O)[O-].[Na+]. The first-order valence-corrected chi connectivity index (χ1v) is 7.19. The van der Waals surface area contributed by atoms with Gasteiger partial charge in [0.05, 0.1) is 12.0 Å². The van der Waals surface area contributed by atoms with Crippen molar-refractivity contribution in [2.24, 2.45) is 0 Å². The zero-order valence-electron chi connectivity index (χ0n) is 12.8. The van der Waals surface area contributed by atoms with Gasteiger partial charge in [-0.15, -0.1) is 11.8 Å². The van der Waals surface area contributed by atoms with Gasteiger partial charge in [-0.2, -0.15) is 0 Å². The number of carboxylic acid groups (broad SMARTS) is 1. The van der Waals surface area contributed by atoms with Gasteiger partial charge in [-0.3, -0.25) is 9.59 Å². The second-order valence-corrected chi connectivity index (χ2v) is 7.41. The Morgan fingerprint density at radius 3 is 2.43 bits per heavy atom. The van der Waals surface area contributed by atoms with Crippen molar-refractivity contribution in [3.8, 4) is 0 Å². The van der Waals surface area contributed by atoms with E-state index in [9.17, 15) is 19.5 Å². The van der Waals surface area contributed by atoms with Crippen molar-refractivity contribution in [1.82, 2.24) is 10.2 Å². The van der Waals surface area contributed by atoms with Crippen LogP contribution < -0.4 is 40.0 Å². The summed E-state index contributed by atoms with van der Waals surface area (Å²) in [6.45, 7) is 6.72. The molecule has 0 radical (unpaired) electrons. The number of carbonyl (C=O) groups excluding carboxylic acids is 3. The summed E-state index contributed by atoms with van der Waals surface area (Å²) < 4.78 is -0.589. The summed E-state index contributed by atoms with van der Waals surface area (Å²) in [6.07, 6.45) is 1.41. The molecule has 2 aliphatic heterocycles. The first-order valence-electron chi connectivity index (χ1n) is 6.31. The summed E-state index contributed by atoms with van der Waals surface area (Å²) in [6, 6.07) is -1.40. The van der Waals surface area contributed by atoms with Crippen molar-refractivity contribution in [1.29, 1.82) is 0 Å². The standard InChI is InChI=1S/C13H18N2O4S.Na/c1-6(5-7(2)16)14-8-10(17)15-9(12(18)19)13(3,4)20-11(8)15;/h5,8-9,11,14H,1-4H3,(H,18,19);/q;+1/p-1/t8-,9+,11-;/m1./s1. The fraction of sp³-hybridized carbons (Fsp3) is 0.615. The van der Waals surface area contributed by atoms with Gasteiger partial charge in [0.15, 0.2) is 5.78 Å². The van der Waals surface area contributed by atoms with Crippen molar-refractivity contribution >= 4 is 29.4 Å². The molecule has 6 nitrogen and oxygen atoms in total. The van der Waals surface area contributed by atoms with Crippen LogP contribution in [0.1, 0.15) is 27.7 Å². The minimum atomic E-state index is -1.23. The Labute approximate surface area is 150 Å². The van der Waals surface area contributed by atoms with Gasteiger partial charge in [0.25, 0.3) is 0 Å². The average Bonchev–Trinajstić information content (AvgIpc) is 2.54. The molecule has 0 unspecified atom stereocenters. The van der Waals surface area contributed by atoms with Crippen molar-refractivity contribution in [3.63, 3.8) is 0 Å². The third-order valence-corrected chi connectivity index (χ3v) is 5.04. The normalized spacial score (nSPS) is 30.1. The van der Waals surface area contributed by atoms with Crippen LogP contribution in [0.2, 0.25) is 0 Å². The predicted octanol–water partition coefficient (Wildman–Crippen LogP) is -3.75. The van der Waals surface area contributed by atoms with Crippen molar-refractivity contribution < 1.29 is 49.0 Å². The van der Waals surface area contributed by atoms with Crippen LogP contribution in [0, 0.1) is 0 Å². The average molecular weight is 320 g/mol. The maximum absolute atomic E-state index is 12.1. The maximum Gasteiger partial charge on any atom is 1.00 e. The summed E-state index contributed by atoms with van der Waals surface area (Å²) >= 11 is 1.44. The molecule has 0 aromatic carbocycles. The van der Waals surface area contributed by atoms with Crippen LogP contribution in [0.15, 0.2) is 11.8 Å². The number of ketones is 1. The maximum atomic E-state index is 12.1. The number of hydrogen-bond donors (Lipinski definition) is 1. The van der Waals surface area contributed by atoms with Gasteiger partial charge < -0.3 is 20.1 Å². The number of aliphatic carboxylic acids is 1. The molecule has 0 aliphatic carbocycles. The Morgan fingerprint density at radius 1 is 1.38 bits per heavy atom. The molecule has 0 aromatic heterocycles. The minimum Gasteiger partial charge on any atom is -0.548 e. The van der Waals surface area contributed by atoms with E-state index >= 15 is 0 Å². The van der Waals surface area contributed by atoms with Gasteiger partial charge >= 0.3 is 29.6 Å². The molecule has 21 heavy (non-hydrogen) atoms. The molecule has 0 aromatic rings. The number of rotatable bonds is 4. The van der Waals surface area contributed by atoms with Gasteiger partial charge in [-0.25, -0.2) is 0 Å². The molecular formula is C13H17N2NaO4S. The van der Waals surface area contributed by atoms with Gasteiger partial charge in [0.1, 0.15) is 11.4 Å². The minimum absolute atomic E-state index is 0. The first kappa shape index (κ1) is 18.5. The molecule has 0 saturated carbocycles. The Kier molecular flexibility index (Phi) is 5.58. The number of thioether (sulfide) groups is 1. The van der Waals surface area contributed by atoms with E-state index in [1.807, 2.05) is 0 Å². The summed E-state index contributed by atoms with van der Waals surface area (Å²) in [4.78, 5) is 35.7. The first-order chi connectivity index (χ1) is 9.15. The molecular weight excluding hydrogens is 303 g/mol. The zero-order chi connectivity index (χ0) is 15.2. The number of carboxylic acids is 1. The number of carbonyl (C=O) groups is 3. The van der Waals surface area contributed by atoms with E-state index in [0.717, 1.165) is 0 Å². The van der Waals surface area contributed by atoms with E-state index in [2.05, 4.69) is 5.32 Å². The van der Waals surface area contributed by atoms with Crippen LogP contribution >= 0.6 is 11.8 Å². The monoisotopic (exact) mass is 320 g/mol. The fourth-order valence-corrected chi connectivity index (χ4v) is 4.34. The molecule has 2 saturated heterocycles. The van der Waals surface area contributed by atoms with Crippen LogP contribution in [-0.2, 0) is 14.4 Å². The zero-order valence-corrected chi connectivity index (χ0v) is 15.6. The molecule has 110 valence electrons. The van der Waals surface area contributed by atoms with E-state index in [0.29, 0.717) is 5.70 Å². The topological polar surface area (TPSA) is 89.5 Å². The number of nitrogens with one attached hydrogen (secondary N) is 1. The van der Waals surface area contributed by atoms with Crippen molar-refractivity contribution in [2.75, 3.05) is 0 Å².